The van der Waals surface area contributed by atoms with E-state index in [1.807, 2.05) is 0 Å². The van der Waals surface area contributed by atoms with Crippen LogP contribution < -0.4 is 0 Å². The summed E-state index contributed by atoms with van der Waals surface area (Å²) in [7, 11) is 2.07. The van der Waals surface area contributed by atoms with Gasteiger partial charge in [-0.15, -0.1) is 0 Å². The molecule has 0 radical (unpaired) electrons. The van der Waals surface area contributed by atoms with Gasteiger partial charge in [-0.25, -0.2) is 4.98 Å². The molecule has 1 fully saturated rings. The van der Waals surface area contributed by atoms with Crippen molar-refractivity contribution >= 4 is 6.29 Å². The summed E-state index contributed by atoms with van der Waals surface area (Å²) in [5.41, 5.74) is 0.393. The van der Waals surface area contributed by atoms with Crippen molar-refractivity contribution in [3.8, 4) is 0 Å². The standard InChI is InChI=1S/C9H12N2O2/c1-11-3-2-7(4-11)9-10-8(5-12)6-13-9/h5-7H,2-4H2,1H3. The molecule has 0 N–H and O–H groups in total. The highest BCUT2D eigenvalue weighted by molar-refractivity contribution is 5.70. The average molecular weight is 180 g/mol. The van der Waals surface area contributed by atoms with Crippen molar-refractivity contribution in [2.45, 2.75) is 12.3 Å². The van der Waals surface area contributed by atoms with Gasteiger partial charge in [-0.2, -0.15) is 0 Å². The summed E-state index contributed by atoms with van der Waals surface area (Å²) < 4.78 is 5.22. The number of hydrogen-bond donors (Lipinski definition) is 0. The van der Waals surface area contributed by atoms with Crippen molar-refractivity contribution in [2.24, 2.45) is 0 Å². The molecule has 0 amide bonds. The molecule has 0 bridgehead atoms. The van der Waals surface area contributed by atoms with Gasteiger partial charge in [0, 0.05) is 12.5 Å². The largest absolute Gasteiger partial charge is 0.448 e. The van der Waals surface area contributed by atoms with Crippen molar-refractivity contribution in [1.29, 1.82) is 0 Å². The summed E-state index contributed by atoms with van der Waals surface area (Å²) >= 11 is 0. The topological polar surface area (TPSA) is 46.3 Å². The second-order valence-electron chi connectivity index (χ2n) is 3.48. The molecule has 4 heteroatoms. The molecule has 13 heavy (non-hydrogen) atoms. The zero-order valence-electron chi connectivity index (χ0n) is 7.56. The van der Waals surface area contributed by atoms with E-state index in [0.29, 0.717) is 23.8 Å². The van der Waals surface area contributed by atoms with Gasteiger partial charge in [0.2, 0.25) is 0 Å². The molecule has 1 aliphatic heterocycles. The number of likely N-dealkylation sites (tertiary alicyclic amines) is 1. The van der Waals surface area contributed by atoms with Crippen LogP contribution in [0.5, 0.6) is 0 Å². The van der Waals surface area contributed by atoms with E-state index in [9.17, 15) is 4.79 Å². The van der Waals surface area contributed by atoms with E-state index in [1.165, 1.54) is 6.26 Å². The molecule has 1 aromatic rings. The number of nitrogens with zero attached hydrogens (tertiary/aromatic N) is 2. The van der Waals surface area contributed by atoms with E-state index < -0.39 is 0 Å². The van der Waals surface area contributed by atoms with E-state index in [4.69, 9.17) is 4.42 Å². The van der Waals surface area contributed by atoms with Crippen LogP contribution in [0.25, 0.3) is 0 Å². The highest BCUT2D eigenvalue weighted by Gasteiger charge is 2.24. The maximum atomic E-state index is 10.4. The Morgan fingerprint density at radius 2 is 2.62 bits per heavy atom. The minimum absolute atomic E-state index is 0.360. The van der Waals surface area contributed by atoms with Crippen LogP contribution in [0, 0.1) is 0 Å². The van der Waals surface area contributed by atoms with Crippen LogP contribution in [-0.2, 0) is 0 Å². The van der Waals surface area contributed by atoms with E-state index in [2.05, 4.69) is 16.9 Å². The van der Waals surface area contributed by atoms with E-state index >= 15 is 0 Å². The van der Waals surface area contributed by atoms with Crippen molar-refractivity contribution in [3.05, 3.63) is 17.8 Å². The lowest BCUT2D eigenvalue weighted by molar-refractivity contribution is 0.111. The first-order chi connectivity index (χ1) is 6.29. The molecule has 1 saturated heterocycles. The Morgan fingerprint density at radius 3 is 3.15 bits per heavy atom. The van der Waals surface area contributed by atoms with E-state index in [1.54, 1.807) is 0 Å². The lowest BCUT2D eigenvalue weighted by atomic mass is 10.1. The lowest BCUT2D eigenvalue weighted by Gasteiger charge is -2.05. The molecule has 0 aliphatic carbocycles. The average Bonchev–Trinajstić information content (AvgIpc) is 2.71. The van der Waals surface area contributed by atoms with Crippen LogP contribution >= 0.6 is 0 Å². The SMILES string of the molecule is CN1CCC(c2nc(C=O)co2)C1. The van der Waals surface area contributed by atoms with Crippen molar-refractivity contribution < 1.29 is 9.21 Å². The van der Waals surface area contributed by atoms with Crippen molar-refractivity contribution in [3.63, 3.8) is 0 Å². The number of aromatic nitrogens is 1. The third kappa shape index (κ3) is 1.62. The number of carbonyl (C=O) groups excluding carboxylic acids is 1. The molecule has 1 aliphatic rings. The van der Waals surface area contributed by atoms with Gasteiger partial charge >= 0.3 is 0 Å². The summed E-state index contributed by atoms with van der Waals surface area (Å²) in [6.07, 6.45) is 3.20. The fraction of sp³-hybridized carbons (Fsp3) is 0.556. The molecule has 1 unspecified atom stereocenters. The summed E-state index contributed by atoms with van der Waals surface area (Å²) in [5, 5.41) is 0. The van der Waals surface area contributed by atoms with Crippen molar-refractivity contribution in [1.82, 2.24) is 9.88 Å². The molecule has 0 spiro atoms. The van der Waals surface area contributed by atoms with Crippen LogP contribution in [0.1, 0.15) is 28.7 Å². The maximum Gasteiger partial charge on any atom is 0.199 e. The first-order valence-electron chi connectivity index (χ1n) is 4.38. The monoisotopic (exact) mass is 180 g/mol. The second kappa shape index (κ2) is 3.30. The van der Waals surface area contributed by atoms with Crippen LogP contribution in [0.4, 0.5) is 0 Å². The van der Waals surface area contributed by atoms with Gasteiger partial charge in [0.25, 0.3) is 0 Å². The minimum Gasteiger partial charge on any atom is -0.448 e. The van der Waals surface area contributed by atoms with Gasteiger partial charge in [0.15, 0.2) is 12.2 Å². The predicted molar refractivity (Wildman–Crippen MR) is 46.7 cm³/mol. The van der Waals surface area contributed by atoms with Gasteiger partial charge in [-0.05, 0) is 20.0 Å². The molecular formula is C9H12N2O2. The molecule has 1 atom stereocenters. The number of carbonyl (C=O) groups is 1. The molecule has 4 nitrogen and oxygen atoms in total. The Bertz CT molecular complexity index is 308. The summed E-state index contributed by atoms with van der Waals surface area (Å²) in [4.78, 5) is 16.7. The fourth-order valence-electron chi connectivity index (χ4n) is 1.68. The van der Waals surface area contributed by atoms with E-state index in [-0.39, 0.29) is 0 Å². The van der Waals surface area contributed by atoms with Crippen molar-refractivity contribution in [2.75, 3.05) is 20.1 Å². The van der Waals surface area contributed by atoms with Gasteiger partial charge in [-0.1, -0.05) is 0 Å². The van der Waals surface area contributed by atoms with Crippen LogP contribution in [0.3, 0.4) is 0 Å². The zero-order chi connectivity index (χ0) is 9.26. The number of hydrogen-bond acceptors (Lipinski definition) is 4. The summed E-state index contributed by atoms with van der Waals surface area (Å²) in [6, 6.07) is 0. The first kappa shape index (κ1) is 8.44. The Hall–Kier alpha value is -1.16. The quantitative estimate of drug-likeness (QED) is 0.634. The second-order valence-corrected chi connectivity index (χ2v) is 3.48. The number of oxazole rings is 1. The molecule has 2 rings (SSSR count). The molecule has 1 aromatic heterocycles. The Labute approximate surface area is 76.6 Å². The van der Waals surface area contributed by atoms with Gasteiger partial charge < -0.3 is 9.32 Å². The normalized spacial score (nSPS) is 23.6. The minimum atomic E-state index is 0.360. The highest BCUT2D eigenvalue weighted by atomic mass is 16.3. The number of aldehydes is 1. The Balaban J connectivity index is 2.12. The maximum absolute atomic E-state index is 10.4. The highest BCUT2D eigenvalue weighted by Crippen LogP contribution is 2.24. The Kier molecular flexibility index (Phi) is 2.14. The molecule has 70 valence electrons. The fourth-order valence-corrected chi connectivity index (χ4v) is 1.68. The van der Waals surface area contributed by atoms with Gasteiger partial charge in [-0.3, -0.25) is 4.79 Å². The lowest BCUT2D eigenvalue weighted by Crippen LogP contribution is -2.13. The molecule has 2 heterocycles. The number of rotatable bonds is 2. The van der Waals surface area contributed by atoms with Crippen LogP contribution in [0.15, 0.2) is 10.7 Å². The van der Waals surface area contributed by atoms with Gasteiger partial charge in [0.05, 0.1) is 0 Å². The molecule has 0 saturated carbocycles. The van der Waals surface area contributed by atoms with Gasteiger partial charge in [0.1, 0.15) is 12.0 Å². The van der Waals surface area contributed by atoms with Crippen LogP contribution in [0.2, 0.25) is 0 Å². The third-order valence-corrected chi connectivity index (χ3v) is 2.40. The molecule has 0 aromatic carbocycles. The predicted octanol–water partition coefficient (Wildman–Crippen LogP) is 0.906. The first-order valence-corrected chi connectivity index (χ1v) is 4.38. The Morgan fingerprint density at radius 1 is 1.77 bits per heavy atom. The summed E-state index contributed by atoms with van der Waals surface area (Å²) in [6.45, 7) is 2.04. The third-order valence-electron chi connectivity index (χ3n) is 2.40. The molecular weight excluding hydrogens is 168 g/mol. The summed E-state index contributed by atoms with van der Waals surface area (Å²) in [5.74, 6) is 1.06. The zero-order valence-corrected chi connectivity index (χ0v) is 7.56. The van der Waals surface area contributed by atoms with Crippen LogP contribution in [-0.4, -0.2) is 36.3 Å². The number of likely N-dealkylation sites (N-methyl/N-ethyl adjacent to an activating group) is 1. The van der Waals surface area contributed by atoms with E-state index in [0.717, 1.165) is 19.5 Å². The smallest absolute Gasteiger partial charge is 0.199 e.